The Balaban J connectivity index is 1.79. The smallest absolute Gasteiger partial charge is 0.264 e. The fourth-order valence-corrected chi connectivity index (χ4v) is 4.69. The number of hydrogen-bond acceptors (Lipinski definition) is 3. The Morgan fingerprint density at radius 2 is 1.45 bits per heavy atom. The molecule has 1 N–H and O–H groups in total. The minimum atomic E-state index is -3.66. The first-order chi connectivity index (χ1) is 14.7. The Morgan fingerprint density at radius 3 is 2.03 bits per heavy atom. The van der Waals surface area contributed by atoms with E-state index in [-0.39, 0.29) is 22.8 Å². The van der Waals surface area contributed by atoms with Crippen molar-refractivity contribution < 1.29 is 13.2 Å². The van der Waals surface area contributed by atoms with Crippen molar-refractivity contribution in [2.45, 2.75) is 31.7 Å². The largest absolute Gasteiger partial charge is 0.345 e. The van der Waals surface area contributed by atoms with Gasteiger partial charge >= 0.3 is 0 Å². The maximum absolute atomic E-state index is 12.9. The molecule has 162 valence electrons. The number of nitrogens with zero attached hydrogens (tertiary/aromatic N) is 1. The minimum absolute atomic E-state index is 0.116. The van der Waals surface area contributed by atoms with Crippen LogP contribution in [0.15, 0.2) is 83.8 Å². The van der Waals surface area contributed by atoms with Crippen LogP contribution in [0.1, 0.15) is 41.4 Å². The summed E-state index contributed by atoms with van der Waals surface area (Å²) in [6.45, 7) is 6.18. The van der Waals surface area contributed by atoms with Crippen molar-refractivity contribution >= 4 is 21.6 Å². The van der Waals surface area contributed by atoms with Crippen molar-refractivity contribution in [2.75, 3.05) is 11.4 Å². The molecule has 0 aromatic heterocycles. The van der Waals surface area contributed by atoms with E-state index >= 15 is 0 Å². The molecule has 5 nitrogen and oxygen atoms in total. The van der Waals surface area contributed by atoms with Crippen LogP contribution in [0.25, 0.3) is 0 Å². The number of anilines is 1. The van der Waals surface area contributed by atoms with Crippen LogP contribution < -0.4 is 9.62 Å². The summed E-state index contributed by atoms with van der Waals surface area (Å²) in [5.74, 6) is 0.0218. The summed E-state index contributed by atoms with van der Waals surface area (Å²) in [7, 11) is -2.16. The average Bonchev–Trinajstić information content (AvgIpc) is 2.78. The highest BCUT2D eigenvalue weighted by molar-refractivity contribution is 7.92. The van der Waals surface area contributed by atoms with Gasteiger partial charge < -0.3 is 5.32 Å². The van der Waals surface area contributed by atoms with E-state index in [0.717, 1.165) is 11.1 Å². The third-order valence-corrected chi connectivity index (χ3v) is 7.17. The highest BCUT2D eigenvalue weighted by atomic mass is 32.2. The van der Waals surface area contributed by atoms with E-state index in [1.807, 2.05) is 31.2 Å². The summed E-state index contributed by atoms with van der Waals surface area (Å²) < 4.78 is 26.8. The summed E-state index contributed by atoms with van der Waals surface area (Å²) in [5, 5.41) is 3.12. The molecule has 0 saturated heterocycles. The van der Waals surface area contributed by atoms with Gasteiger partial charge in [0.25, 0.3) is 15.9 Å². The molecule has 0 fully saturated rings. The third-order valence-electron chi connectivity index (χ3n) is 5.37. The van der Waals surface area contributed by atoms with Crippen LogP contribution in [0.4, 0.5) is 5.69 Å². The molecule has 1 unspecified atom stereocenters. The number of nitrogens with one attached hydrogen (secondary N) is 1. The van der Waals surface area contributed by atoms with Gasteiger partial charge in [0.15, 0.2) is 0 Å². The second-order valence-electron chi connectivity index (χ2n) is 7.88. The van der Waals surface area contributed by atoms with E-state index in [1.165, 1.54) is 11.4 Å². The molecule has 1 amide bonds. The predicted molar refractivity (Wildman–Crippen MR) is 125 cm³/mol. The molecular weight excluding hydrogens is 408 g/mol. The van der Waals surface area contributed by atoms with E-state index in [4.69, 9.17) is 0 Å². The number of amides is 1. The van der Waals surface area contributed by atoms with Gasteiger partial charge in [-0.1, -0.05) is 56.3 Å². The van der Waals surface area contributed by atoms with Gasteiger partial charge in [-0.3, -0.25) is 9.10 Å². The molecule has 0 heterocycles. The Morgan fingerprint density at radius 1 is 0.871 bits per heavy atom. The number of aryl methyl sites for hydroxylation is 1. The molecule has 3 aromatic carbocycles. The van der Waals surface area contributed by atoms with E-state index < -0.39 is 10.0 Å². The van der Waals surface area contributed by atoms with Gasteiger partial charge in [-0.15, -0.1) is 0 Å². The maximum Gasteiger partial charge on any atom is 0.264 e. The van der Waals surface area contributed by atoms with Gasteiger partial charge in [0, 0.05) is 12.6 Å². The number of carbonyl (C=O) groups is 1. The highest BCUT2D eigenvalue weighted by Gasteiger charge is 2.23. The second-order valence-corrected chi connectivity index (χ2v) is 9.85. The van der Waals surface area contributed by atoms with Crippen LogP contribution in [0, 0.1) is 12.8 Å². The second kappa shape index (κ2) is 9.35. The molecule has 0 aliphatic rings. The molecular formula is C25H28N2O3S. The summed E-state index contributed by atoms with van der Waals surface area (Å²) in [6.07, 6.45) is 0. The molecule has 0 aliphatic carbocycles. The zero-order valence-corrected chi connectivity index (χ0v) is 19.1. The summed E-state index contributed by atoms with van der Waals surface area (Å²) in [5.41, 5.74) is 3.19. The van der Waals surface area contributed by atoms with Crippen molar-refractivity contribution in [3.8, 4) is 0 Å². The average molecular weight is 437 g/mol. The van der Waals surface area contributed by atoms with Gasteiger partial charge in [-0.2, -0.15) is 0 Å². The van der Waals surface area contributed by atoms with E-state index in [2.05, 4.69) is 19.2 Å². The molecule has 1 atom stereocenters. The first-order valence-corrected chi connectivity index (χ1v) is 11.7. The van der Waals surface area contributed by atoms with Crippen molar-refractivity contribution in [1.82, 2.24) is 5.32 Å². The molecule has 3 aromatic rings. The zero-order chi connectivity index (χ0) is 22.6. The zero-order valence-electron chi connectivity index (χ0n) is 18.2. The highest BCUT2D eigenvalue weighted by Crippen LogP contribution is 2.26. The first-order valence-electron chi connectivity index (χ1n) is 10.2. The molecule has 31 heavy (non-hydrogen) atoms. The molecule has 0 aliphatic heterocycles. The number of hydrogen-bond donors (Lipinski definition) is 1. The minimum Gasteiger partial charge on any atom is -0.345 e. The number of carbonyl (C=O) groups excluding carboxylic acids is 1. The SMILES string of the molecule is Cc1ccccc1C(NC(=O)c1ccc(N(C)S(=O)(=O)c2ccccc2)cc1)C(C)C. The maximum atomic E-state index is 12.9. The van der Waals surface area contributed by atoms with Crippen LogP contribution in [0.3, 0.4) is 0 Å². The Labute approximate surface area is 184 Å². The van der Waals surface area contributed by atoms with Crippen molar-refractivity contribution in [1.29, 1.82) is 0 Å². The molecule has 6 heteroatoms. The Bertz CT molecular complexity index is 1140. The number of rotatable bonds is 7. The molecule has 0 spiro atoms. The summed E-state index contributed by atoms with van der Waals surface area (Å²) in [4.78, 5) is 13.1. The summed E-state index contributed by atoms with van der Waals surface area (Å²) >= 11 is 0. The number of sulfonamides is 1. The van der Waals surface area contributed by atoms with Crippen LogP contribution >= 0.6 is 0 Å². The molecule has 3 rings (SSSR count). The molecule has 0 radical (unpaired) electrons. The lowest BCUT2D eigenvalue weighted by molar-refractivity contribution is 0.0925. The van der Waals surface area contributed by atoms with Gasteiger partial charge in [0.1, 0.15) is 0 Å². The van der Waals surface area contributed by atoms with E-state index in [0.29, 0.717) is 11.3 Å². The van der Waals surface area contributed by atoms with E-state index in [9.17, 15) is 13.2 Å². The Kier molecular flexibility index (Phi) is 6.81. The van der Waals surface area contributed by atoms with Crippen molar-refractivity contribution in [3.05, 3.63) is 95.6 Å². The van der Waals surface area contributed by atoms with Crippen LogP contribution in [-0.2, 0) is 10.0 Å². The fourth-order valence-electron chi connectivity index (χ4n) is 3.48. The van der Waals surface area contributed by atoms with Gasteiger partial charge in [0.05, 0.1) is 16.6 Å². The standard InChI is InChI=1S/C25H28N2O3S/c1-18(2)24(23-13-9-8-10-19(23)3)26-25(28)20-14-16-21(17-15-20)27(4)31(29,30)22-11-6-5-7-12-22/h5-18,24H,1-4H3,(H,26,28). The molecule has 0 saturated carbocycles. The monoisotopic (exact) mass is 436 g/mol. The van der Waals surface area contributed by atoms with E-state index in [1.54, 1.807) is 54.6 Å². The van der Waals surface area contributed by atoms with Gasteiger partial charge in [0.2, 0.25) is 0 Å². The van der Waals surface area contributed by atoms with Crippen molar-refractivity contribution in [2.24, 2.45) is 5.92 Å². The van der Waals surface area contributed by atoms with Crippen LogP contribution in [0.2, 0.25) is 0 Å². The lowest BCUT2D eigenvalue weighted by Crippen LogP contribution is -2.32. The third kappa shape index (κ3) is 4.97. The predicted octanol–water partition coefficient (Wildman–Crippen LogP) is 4.95. The van der Waals surface area contributed by atoms with Gasteiger partial charge in [-0.25, -0.2) is 8.42 Å². The normalized spacial score (nSPS) is 12.4. The lowest BCUT2D eigenvalue weighted by Gasteiger charge is -2.25. The first kappa shape index (κ1) is 22.6. The molecule has 0 bridgehead atoms. The topological polar surface area (TPSA) is 66.5 Å². The lowest BCUT2D eigenvalue weighted by atomic mass is 9.92. The number of benzene rings is 3. The van der Waals surface area contributed by atoms with Gasteiger partial charge in [-0.05, 0) is 60.4 Å². The summed E-state index contributed by atoms with van der Waals surface area (Å²) in [6, 6.07) is 22.8. The van der Waals surface area contributed by atoms with Crippen molar-refractivity contribution in [3.63, 3.8) is 0 Å². The fraction of sp³-hybridized carbons (Fsp3) is 0.240. The Hall–Kier alpha value is -3.12. The van der Waals surface area contributed by atoms with Crippen LogP contribution in [0.5, 0.6) is 0 Å². The van der Waals surface area contributed by atoms with Crippen LogP contribution in [-0.4, -0.2) is 21.4 Å². The quantitative estimate of drug-likeness (QED) is 0.570.